The van der Waals surface area contributed by atoms with E-state index in [1.54, 1.807) is 0 Å². The Hall–Kier alpha value is -0.820. The molecule has 1 fully saturated rings. The molecule has 0 aliphatic heterocycles. The maximum atomic E-state index is 3.83. The molecule has 0 spiro atoms. The summed E-state index contributed by atoms with van der Waals surface area (Å²) in [7, 11) is 0. The SMILES string of the molecule is CC(C)C(CNC(C)C1CCCCC1)c1ccccc1. The van der Waals surface area contributed by atoms with E-state index in [2.05, 4.69) is 56.4 Å². The molecular weight excluding hydrogens is 242 g/mol. The van der Waals surface area contributed by atoms with Crippen LogP contribution in [0.25, 0.3) is 0 Å². The largest absolute Gasteiger partial charge is 0.313 e. The van der Waals surface area contributed by atoms with Crippen LogP contribution in [-0.4, -0.2) is 12.6 Å². The molecule has 1 aliphatic carbocycles. The molecule has 1 saturated carbocycles. The van der Waals surface area contributed by atoms with Crippen molar-refractivity contribution in [1.29, 1.82) is 0 Å². The summed E-state index contributed by atoms with van der Waals surface area (Å²) in [6, 6.07) is 11.7. The molecule has 1 heteroatoms. The minimum absolute atomic E-state index is 0.627. The summed E-state index contributed by atoms with van der Waals surface area (Å²) in [5, 5.41) is 3.83. The lowest BCUT2D eigenvalue weighted by Crippen LogP contribution is -2.38. The Morgan fingerprint density at radius 2 is 1.65 bits per heavy atom. The van der Waals surface area contributed by atoms with Gasteiger partial charge in [0, 0.05) is 12.6 Å². The zero-order chi connectivity index (χ0) is 14.4. The fraction of sp³-hybridized carbons (Fsp3) is 0.684. The molecule has 1 aliphatic rings. The fourth-order valence-electron chi connectivity index (χ4n) is 3.55. The van der Waals surface area contributed by atoms with Gasteiger partial charge in [-0.1, -0.05) is 63.4 Å². The van der Waals surface area contributed by atoms with E-state index in [0.29, 0.717) is 17.9 Å². The van der Waals surface area contributed by atoms with Crippen LogP contribution < -0.4 is 5.32 Å². The molecule has 0 heterocycles. The molecule has 0 bridgehead atoms. The molecule has 2 atom stereocenters. The van der Waals surface area contributed by atoms with Crippen molar-refractivity contribution in [3.63, 3.8) is 0 Å². The molecule has 20 heavy (non-hydrogen) atoms. The standard InChI is InChI=1S/C19H31N/c1-15(2)19(18-12-8-5-9-13-18)14-20-16(3)17-10-6-4-7-11-17/h5,8-9,12-13,15-17,19-20H,4,6-7,10-11,14H2,1-3H3. The highest BCUT2D eigenvalue weighted by atomic mass is 14.9. The van der Waals surface area contributed by atoms with Crippen LogP contribution in [-0.2, 0) is 0 Å². The van der Waals surface area contributed by atoms with Gasteiger partial charge in [0.25, 0.3) is 0 Å². The Morgan fingerprint density at radius 1 is 1.00 bits per heavy atom. The van der Waals surface area contributed by atoms with Gasteiger partial charge in [-0.3, -0.25) is 0 Å². The van der Waals surface area contributed by atoms with E-state index in [-0.39, 0.29) is 0 Å². The molecule has 1 aromatic carbocycles. The first-order valence-corrected chi connectivity index (χ1v) is 8.47. The van der Waals surface area contributed by atoms with Crippen molar-refractivity contribution in [3.05, 3.63) is 35.9 Å². The first-order chi connectivity index (χ1) is 9.68. The van der Waals surface area contributed by atoms with Gasteiger partial charge in [0.2, 0.25) is 0 Å². The van der Waals surface area contributed by atoms with Crippen LogP contribution in [0.15, 0.2) is 30.3 Å². The van der Waals surface area contributed by atoms with Gasteiger partial charge < -0.3 is 5.32 Å². The Labute approximate surface area is 125 Å². The maximum absolute atomic E-state index is 3.83. The van der Waals surface area contributed by atoms with E-state index < -0.39 is 0 Å². The van der Waals surface area contributed by atoms with Crippen molar-refractivity contribution in [2.45, 2.75) is 64.8 Å². The molecule has 0 saturated heterocycles. The van der Waals surface area contributed by atoms with Crippen molar-refractivity contribution in [2.24, 2.45) is 11.8 Å². The van der Waals surface area contributed by atoms with Gasteiger partial charge in [0.1, 0.15) is 0 Å². The average Bonchev–Trinajstić information content (AvgIpc) is 2.49. The quantitative estimate of drug-likeness (QED) is 0.770. The van der Waals surface area contributed by atoms with E-state index >= 15 is 0 Å². The second-order valence-corrected chi connectivity index (χ2v) is 6.86. The monoisotopic (exact) mass is 273 g/mol. The predicted molar refractivity (Wildman–Crippen MR) is 88.1 cm³/mol. The molecule has 112 valence electrons. The van der Waals surface area contributed by atoms with Crippen molar-refractivity contribution >= 4 is 0 Å². The molecule has 0 aromatic heterocycles. The minimum Gasteiger partial charge on any atom is -0.313 e. The summed E-state index contributed by atoms with van der Waals surface area (Å²) in [6.07, 6.45) is 7.16. The molecule has 0 amide bonds. The van der Waals surface area contributed by atoms with Crippen LogP contribution in [0.3, 0.4) is 0 Å². The Bertz CT molecular complexity index is 365. The summed E-state index contributed by atoms with van der Waals surface area (Å²) in [4.78, 5) is 0. The van der Waals surface area contributed by atoms with E-state index in [9.17, 15) is 0 Å². The van der Waals surface area contributed by atoms with Crippen LogP contribution >= 0.6 is 0 Å². The fourth-order valence-corrected chi connectivity index (χ4v) is 3.55. The number of hydrogen-bond acceptors (Lipinski definition) is 1. The molecule has 1 aromatic rings. The Morgan fingerprint density at radius 3 is 2.25 bits per heavy atom. The van der Waals surface area contributed by atoms with Gasteiger partial charge in [-0.2, -0.15) is 0 Å². The number of rotatable bonds is 6. The third-order valence-corrected chi connectivity index (χ3v) is 5.05. The zero-order valence-corrected chi connectivity index (χ0v) is 13.4. The van der Waals surface area contributed by atoms with Crippen molar-refractivity contribution < 1.29 is 0 Å². The summed E-state index contributed by atoms with van der Waals surface area (Å²) >= 11 is 0. The Balaban J connectivity index is 1.89. The topological polar surface area (TPSA) is 12.0 Å². The van der Waals surface area contributed by atoms with Crippen LogP contribution in [0, 0.1) is 11.8 Å². The highest BCUT2D eigenvalue weighted by Crippen LogP contribution is 2.28. The summed E-state index contributed by atoms with van der Waals surface area (Å²) in [5.74, 6) is 2.21. The molecular formula is C19H31N. The lowest BCUT2D eigenvalue weighted by Gasteiger charge is -2.31. The van der Waals surface area contributed by atoms with E-state index in [1.165, 1.54) is 37.7 Å². The molecule has 1 nitrogen and oxygen atoms in total. The average molecular weight is 273 g/mol. The van der Waals surface area contributed by atoms with Crippen LogP contribution in [0.2, 0.25) is 0 Å². The second kappa shape index (κ2) is 7.83. The summed E-state index contributed by atoms with van der Waals surface area (Å²) < 4.78 is 0. The summed E-state index contributed by atoms with van der Waals surface area (Å²) in [6.45, 7) is 8.17. The van der Waals surface area contributed by atoms with Crippen LogP contribution in [0.1, 0.15) is 64.4 Å². The van der Waals surface area contributed by atoms with Gasteiger partial charge in [-0.15, -0.1) is 0 Å². The lowest BCUT2D eigenvalue weighted by molar-refractivity contribution is 0.273. The molecule has 2 rings (SSSR count). The number of benzene rings is 1. The Kier molecular flexibility index (Phi) is 6.09. The summed E-state index contributed by atoms with van der Waals surface area (Å²) in [5.41, 5.74) is 1.48. The number of hydrogen-bond donors (Lipinski definition) is 1. The van der Waals surface area contributed by atoms with E-state index in [4.69, 9.17) is 0 Å². The van der Waals surface area contributed by atoms with Gasteiger partial charge in [0.15, 0.2) is 0 Å². The lowest BCUT2D eigenvalue weighted by atomic mass is 9.83. The smallest absolute Gasteiger partial charge is 0.00672 e. The second-order valence-electron chi connectivity index (χ2n) is 6.86. The van der Waals surface area contributed by atoms with Gasteiger partial charge in [-0.05, 0) is 43.1 Å². The highest BCUT2D eigenvalue weighted by molar-refractivity contribution is 5.20. The normalized spacial score (nSPS) is 20.0. The number of nitrogens with one attached hydrogen (secondary N) is 1. The van der Waals surface area contributed by atoms with Crippen molar-refractivity contribution in [3.8, 4) is 0 Å². The van der Waals surface area contributed by atoms with Crippen LogP contribution in [0.4, 0.5) is 0 Å². The van der Waals surface area contributed by atoms with Crippen molar-refractivity contribution in [2.75, 3.05) is 6.54 Å². The van der Waals surface area contributed by atoms with E-state index in [1.807, 2.05) is 0 Å². The first-order valence-electron chi connectivity index (χ1n) is 8.47. The van der Waals surface area contributed by atoms with Crippen molar-refractivity contribution in [1.82, 2.24) is 5.32 Å². The minimum atomic E-state index is 0.627. The zero-order valence-electron chi connectivity index (χ0n) is 13.4. The maximum Gasteiger partial charge on any atom is 0.00672 e. The van der Waals surface area contributed by atoms with Gasteiger partial charge in [0.05, 0.1) is 0 Å². The predicted octanol–water partition coefficient (Wildman–Crippen LogP) is 4.98. The molecule has 0 radical (unpaired) electrons. The molecule has 2 unspecified atom stereocenters. The van der Waals surface area contributed by atoms with E-state index in [0.717, 1.165) is 12.5 Å². The third kappa shape index (κ3) is 4.34. The highest BCUT2D eigenvalue weighted by Gasteiger charge is 2.22. The van der Waals surface area contributed by atoms with Gasteiger partial charge in [-0.25, -0.2) is 0 Å². The van der Waals surface area contributed by atoms with Gasteiger partial charge >= 0.3 is 0 Å². The molecule has 1 N–H and O–H groups in total. The first kappa shape index (κ1) is 15.6. The van der Waals surface area contributed by atoms with Crippen LogP contribution in [0.5, 0.6) is 0 Å². The third-order valence-electron chi connectivity index (χ3n) is 5.05.